The zero-order valence-electron chi connectivity index (χ0n) is 13.4. The predicted octanol–water partition coefficient (Wildman–Crippen LogP) is 0.455. The van der Waals surface area contributed by atoms with E-state index >= 15 is 0 Å². The number of aliphatic hydroxyl groups excluding tert-OH is 1. The van der Waals surface area contributed by atoms with Crippen LogP contribution in [0.3, 0.4) is 0 Å². The molecule has 1 aromatic rings. The average molecular weight is 309 g/mol. The molecule has 2 aliphatic heterocycles. The van der Waals surface area contributed by atoms with Gasteiger partial charge in [0, 0.05) is 17.7 Å². The fourth-order valence-corrected chi connectivity index (χ4v) is 3.82. The number of anilines is 1. The highest BCUT2D eigenvalue weighted by atomic mass is 16.6. The van der Waals surface area contributed by atoms with Gasteiger partial charge >= 0.3 is 5.69 Å². The molecular weight excluding hydrogens is 286 g/mol. The van der Waals surface area contributed by atoms with Gasteiger partial charge in [0.05, 0.1) is 13.2 Å². The molecule has 1 aromatic heterocycles. The first-order valence-corrected chi connectivity index (χ1v) is 7.45. The van der Waals surface area contributed by atoms with Crippen LogP contribution in [0.4, 0.5) is 5.82 Å². The lowest BCUT2D eigenvalue weighted by molar-refractivity contribution is -0.187. The number of rotatable bonds is 2. The third-order valence-corrected chi connectivity index (χ3v) is 4.70. The quantitative estimate of drug-likeness (QED) is 0.823. The summed E-state index contributed by atoms with van der Waals surface area (Å²) in [5, 5.41) is 9.88. The van der Waals surface area contributed by atoms with Gasteiger partial charge in [0.25, 0.3) is 0 Å². The number of nitrogens with two attached hydrogens (primary N) is 1. The van der Waals surface area contributed by atoms with Gasteiger partial charge in [-0.3, -0.25) is 4.57 Å². The lowest BCUT2D eigenvalue weighted by atomic mass is 9.71. The maximum absolute atomic E-state index is 12.2. The Labute approximate surface area is 129 Å². The molecule has 0 radical (unpaired) electrons. The monoisotopic (exact) mass is 309 g/mol. The summed E-state index contributed by atoms with van der Waals surface area (Å²) >= 11 is 0. The highest BCUT2D eigenvalue weighted by Crippen LogP contribution is 2.55. The van der Waals surface area contributed by atoms with Crippen LogP contribution in [0.25, 0.3) is 0 Å². The largest absolute Gasteiger partial charge is 0.393 e. The molecule has 0 saturated carbocycles. The second-order valence-corrected chi connectivity index (χ2v) is 7.35. The third kappa shape index (κ3) is 2.07. The van der Waals surface area contributed by atoms with Crippen molar-refractivity contribution in [3.8, 4) is 0 Å². The first-order valence-electron chi connectivity index (χ1n) is 7.45. The van der Waals surface area contributed by atoms with Crippen LogP contribution in [0.5, 0.6) is 0 Å². The first-order chi connectivity index (χ1) is 10.2. The number of ether oxygens (including phenoxy) is 2. The van der Waals surface area contributed by atoms with E-state index in [1.54, 1.807) is 13.1 Å². The fraction of sp³-hybridized carbons (Fsp3) is 0.733. The van der Waals surface area contributed by atoms with Crippen LogP contribution in [-0.2, 0) is 9.47 Å². The van der Waals surface area contributed by atoms with Crippen molar-refractivity contribution in [1.82, 2.24) is 9.55 Å². The van der Waals surface area contributed by atoms with E-state index < -0.39 is 17.5 Å². The molecule has 2 saturated heterocycles. The summed E-state index contributed by atoms with van der Waals surface area (Å²) in [5.74, 6) is 0.203. The first kappa shape index (κ1) is 15.5. The topological polar surface area (TPSA) is 99.6 Å². The molecule has 122 valence electrons. The highest BCUT2D eigenvalue weighted by Gasteiger charge is 2.65. The molecule has 2 bridgehead atoms. The highest BCUT2D eigenvalue weighted by molar-refractivity contribution is 5.35. The molecule has 0 aromatic carbocycles. The number of nitrogens with zero attached hydrogens (tertiary/aromatic N) is 2. The minimum Gasteiger partial charge on any atom is -0.393 e. The average Bonchev–Trinajstić information content (AvgIpc) is 2.96. The Morgan fingerprint density at radius 1 is 1.55 bits per heavy atom. The van der Waals surface area contributed by atoms with Gasteiger partial charge in [-0.15, -0.1) is 0 Å². The number of hydrogen-bond donors (Lipinski definition) is 2. The number of aromatic nitrogens is 2. The Balaban J connectivity index is 2.06. The fourth-order valence-electron chi connectivity index (χ4n) is 3.82. The van der Waals surface area contributed by atoms with Gasteiger partial charge in [0.1, 0.15) is 17.5 Å². The Hall–Kier alpha value is -1.44. The van der Waals surface area contributed by atoms with Crippen LogP contribution >= 0.6 is 0 Å². The SMILES string of the molecule is Cc1cn(C2OC3(CO)COC2[C@H]3C(C)(C)C)c(=O)nc1N. The molecule has 3 N–H and O–H groups in total. The summed E-state index contributed by atoms with van der Waals surface area (Å²) in [6.07, 6.45) is 0.753. The molecule has 0 spiro atoms. The standard InChI is InChI=1S/C15H23N3O4/c1-8-5-18(13(20)17-11(8)16)12-9-10(14(2,3)4)15(6-19,22-12)7-21-9/h5,9-10,12,19H,6-7H2,1-4H3,(H2,16,17,20)/t9?,10-,12?,15?/m0/s1. The summed E-state index contributed by atoms with van der Waals surface area (Å²) in [5.41, 5.74) is 5.01. The summed E-state index contributed by atoms with van der Waals surface area (Å²) < 4.78 is 13.4. The number of fused-ring (bicyclic) bond motifs is 2. The van der Waals surface area contributed by atoms with Crippen LogP contribution in [0.15, 0.2) is 11.0 Å². The lowest BCUT2D eigenvalue weighted by Gasteiger charge is -2.35. The van der Waals surface area contributed by atoms with Crippen LogP contribution in [0.1, 0.15) is 32.6 Å². The molecular formula is C15H23N3O4. The van der Waals surface area contributed by atoms with E-state index in [1.165, 1.54) is 4.57 Å². The van der Waals surface area contributed by atoms with Crippen molar-refractivity contribution in [1.29, 1.82) is 0 Å². The number of nitrogen functional groups attached to an aromatic ring is 1. The Bertz CT molecular complexity index is 651. The predicted molar refractivity (Wildman–Crippen MR) is 80.3 cm³/mol. The van der Waals surface area contributed by atoms with Crippen LogP contribution in [-0.4, -0.2) is 39.6 Å². The van der Waals surface area contributed by atoms with E-state index in [0.717, 1.165) is 0 Å². The smallest absolute Gasteiger partial charge is 0.351 e. The second-order valence-electron chi connectivity index (χ2n) is 7.35. The van der Waals surface area contributed by atoms with E-state index in [9.17, 15) is 9.90 Å². The van der Waals surface area contributed by atoms with Crippen molar-refractivity contribution in [2.24, 2.45) is 11.3 Å². The molecule has 2 fully saturated rings. The molecule has 2 aliphatic rings. The number of hydrogen-bond acceptors (Lipinski definition) is 6. The zero-order valence-corrected chi connectivity index (χ0v) is 13.4. The maximum Gasteiger partial charge on any atom is 0.351 e. The van der Waals surface area contributed by atoms with Gasteiger partial charge in [-0.2, -0.15) is 4.98 Å². The van der Waals surface area contributed by atoms with Crippen molar-refractivity contribution in [3.63, 3.8) is 0 Å². The van der Waals surface area contributed by atoms with Crippen LogP contribution in [0.2, 0.25) is 0 Å². The number of aryl methyl sites for hydroxylation is 1. The van der Waals surface area contributed by atoms with Crippen molar-refractivity contribution < 1.29 is 14.6 Å². The van der Waals surface area contributed by atoms with Crippen LogP contribution < -0.4 is 11.4 Å². The molecule has 7 heteroatoms. The second kappa shape index (κ2) is 4.78. The van der Waals surface area contributed by atoms with E-state index in [0.29, 0.717) is 12.2 Å². The molecule has 0 aliphatic carbocycles. The van der Waals surface area contributed by atoms with E-state index in [4.69, 9.17) is 15.2 Å². The van der Waals surface area contributed by atoms with Gasteiger partial charge in [0.2, 0.25) is 0 Å². The Morgan fingerprint density at radius 3 is 2.77 bits per heavy atom. The van der Waals surface area contributed by atoms with Crippen molar-refractivity contribution in [2.75, 3.05) is 18.9 Å². The maximum atomic E-state index is 12.2. The minimum atomic E-state index is -0.775. The molecule has 3 unspecified atom stereocenters. The Kier molecular flexibility index (Phi) is 3.36. The Morgan fingerprint density at radius 2 is 2.23 bits per heavy atom. The summed E-state index contributed by atoms with van der Waals surface area (Å²) in [6.45, 7) is 8.25. The van der Waals surface area contributed by atoms with E-state index in [-0.39, 0.29) is 29.9 Å². The third-order valence-electron chi connectivity index (χ3n) is 4.70. The van der Waals surface area contributed by atoms with Crippen molar-refractivity contribution >= 4 is 5.82 Å². The minimum absolute atomic E-state index is 0.0141. The van der Waals surface area contributed by atoms with Gasteiger partial charge in [-0.05, 0) is 12.3 Å². The summed E-state index contributed by atoms with van der Waals surface area (Å²) in [4.78, 5) is 16.0. The molecule has 22 heavy (non-hydrogen) atoms. The normalized spacial score (nSPS) is 34.3. The van der Waals surface area contributed by atoms with E-state index in [2.05, 4.69) is 25.8 Å². The van der Waals surface area contributed by atoms with Gasteiger partial charge in [0.15, 0.2) is 6.23 Å². The van der Waals surface area contributed by atoms with Crippen molar-refractivity contribution in [3.05, 3.63) is 22.2 Å². The molecule has 3 rings (SSSR count). The van der Waals surface area contributed by atoms with Gasteiger partial charge in [-0.1, -0.05) is 20.8 Å². The molecule has 0 amide bonds. The zero-order chi connectivity index (χ0) is 16.3. The molecule has 4 atom stereocenters. The van der Waals surface area contributed by atoms with Gasteiger partial charge < -0.3 is 20.3 Å². The summed E-state index contributed by atoms with van der Waals surface area (Å²) in [7, 11) is 0. The molecule has 7 nitrogen and oxygen atoms in total. The summed E-state index contributed by atoms with van der Waals surface area (Å²) in [6, 6.07) is 0. The van der Waals surface area contributed by atoms with Gasteiger partial charge in [-0.25, -0.2) is 4.79 Å². The van der Waals surface area contributed by atoms with E-state index in [1.807, 2.05) is 0 Å². The van der Waals surface area contributed by atoms with Crippen LogP contribution in [0, 0.1) is 18.3 Å². The number of aliphatic hydroxyl groups is 1. The molecule has 3 heterocycles. The van der Waals surface area contributed by atoms with Crippen molar-refractivity contribution in [2.45, 2.75) is 45.6 Å². The lowest BCUT2D eigenvalue weighted by Crippen LogP contribution is -2.46.